The van der Waals surface area contributed by atoms with Gasteiger partial charge in [-0.05, 0) is 61.7 Å². The number of rotatable bonds is 9. The summed E-state index contributed by atoms with van der Waals surface area (Å²) >= 11 is 0. The van der Waals surface area contributed by atoms with Crippen LogP contribution in [0.15, 0.2) is 42.5 Å². The normalized spacial score (nSPS) is 10.7. The molecule has 0 saturated carbocycles. The molecule has 7 nitrogen and oxygen atoms in total. The Kier molecular flexibility index (Phi) is 6.89. The average Bonchev–Trinajstić information content (AvgIpc) is 3.22. The lowest BCUT2D eigenvalue weighted by Gasteiger charge is -2.17. The summed E-state index contributed by atoms with van der Waals surface area (Å²) < 4.78 is 17.6. The molecule has 3 aromatic rings. The summed E-state index contributed by atoms with van der Waals surface area (Å²) in [4.78, 5) is 13.4. The number of aromatic nitrogens is 4. The van der Waals surface area contributed by atoms with E-state index in [1.165, 1.54) is 19.2 Å². The van der Waals surface area contributed by atoms with E-state index in [-0.39, 0.29) is 11.5 Å². The van der Waals surface area contributed by atoms with Crippen LogP contribution in [0.5, 0.6) is 0 Å². The van der Waals surface area contributed by atoms with Gasteiger partial charge < -0.3 is 9.64 Å². The number of methoxy groups -OCH3 is 1. The Labute approximate surface area is 168 Å². The highest BCUT2D eigenvalue weighted by molar-refractivity contribution is 5.86. The standard InChI is InChI=1S/C21H24FN5O2/c1-27(20-12-11-18(24-26-20)21(28)29-2)13-5-3-4-6-17-14-19(25-23-17)15-7-9-16(22)10-8-15/h7-12,14H,3-6,13H2,1-2H3,(H,23,25). The van der Waals surface area contributed by atoms with E-state index in [4.69, 9.17) is 0 Å². The van der Waals surface area contributed by atoms with Crippen LogP contribution in [-0.2, 0) is 11.2 Å². The van der Waals surface area contributed by atoms with Crippen LogP contribution in [-0.4, -0.2) is 47.1 Å². The average molecular weight is 397 g/mol. The Hall–Kier alpha value is -3.29. The highest BCUT2D eigenvalue weighted by atomic mass is 19.1. The monoisotopic (exact) mass is 397 g/mol. The molecule has 0 unspecified atom stereocenters. The molecule has 152 valence electrons. The first kappa shape index (κ1) is 20.4. The van der Waals surface area contributed by atoms with E-state index < -0.39 is 5.97 Å². The minimum atomic E-state index is -0.493. The number of carbonyl (C=O) groups is 1. The Balaban J connectivity index is 1.39. The van der Waals surface area contributed by atoms with Gasteiger partial charge in [0, 0.05) is 24.8 Å². The summed E-state index contributed by atoms with van der Waals surface area (Å²) in [6.07, 6.45) is 4.01. The number of carbonyl (C=O) groups excluding carboxylic acids is 1. The zero-order chi connectivity index (χ0) is 20.6. The predicted molar refractivity (Wildman–Crippen MR) is 108 cm³/mol. The number of hydrogen-bond acceptors (Lipinski definition) is 6. The largest absolute Gasteiger partial charge is 0.464 e. The SMILES string of the molecule is COC(=O)c1ccc(N(C)CCCCCc2cc(-c3ccc(F)cc3)n[nH]2)nn1. The lowest BCUT2D eigenvalue weighted by Crippen LogP contribution is -2.20. The van der Waals surface area contributed by atoms with Crippen molar-refractivity contribution in [2.24, 2.45) is 0 Å². The molecule has 0 aliphatic rings. The zero-order valence-electron chi connectivity index (χ0n) is 16.6. The van der Waals surface area contributed by atoms with E-state index in [0.29, 0.717) is 0 Å². The third-order valence-electron chi connectivity index (χ3n) is 4.65. The number of nitrogens with one attached hydrogen (secondary N) is 1. The number of halogens is 1. The number of anilines is 1. The molecular formula is C21H24FN5O2. The third kappa shape index (κ3) is 5.60. The molecule has 0 aliphatic heterocycles. The summed E-state index contributed by atoms with van der Waals surface area (Å²) in [6, 6.07) is 11.7. The Morgan fingerprint density at radius 1 is 1.10 bits per heavy atom. The number of unbranched alkanes of at least 4 members (excludes halogenated alkanes) is 2. The highest BCUT2D eigenvalue weighted by Crippen LogP contribution is 2.19. The Morgan fingerprint density at radius 3 is 2.59 bits per heavy atom. The summed E-state index contributed by atoms with van der Waals surface area (Å²) in [5.74, 6) is -0.0249. The first-order valence-electron chi connectivity index (χ1n) is 9.50. The number of aryl methyl sites for hydroxylation is 1. The molecule has 1 aromatic carbocycles. The van der Waals surface area contributed by atoms with Crippen LogP contribution in [0.4, 0.5) is 10.2 Å². The predicted octanol–water partition coefficient (Wildman–Crippen LogP) is 3.64. The first-order chi connectivity index (χ1) is 14.1. The number of hydrogen-bond donors (Lipinski definition) is 1. The van der Waals surface area contributed by atoms with Crippen molar-refractivity contribution in [1.82, 2.24) is 20.4 Å². The van der Waals surface area contributed by atoms with E-state index >= 15 is 0 Å². The minimum Gasteiger partial charge on any atom is -0.464 e. The molecule has 29 heavy (non-hydrogen) atoms. The molecule has 3 rings (SSSR count). The molecule has 0 amide bonds. The van der Waals surface area contributed by atoms with Crippen LogP contribution in [0.25, 0.3) is 11.3 Å². The van der Waals surface area contributed by atoms with Crippen molar-refractivity contribution in [3.8, 4) is 11.3 Å². The highest BCUT2D eigenvalue weighted by Gasteiger charge is 2.09. The molecule has 0 spiro atoms. The van der Waals surface area contributed by atoms with Crippen molar-refractivity contribution in [3.63, 3.8) is 0 Å². The van der Waals surface area contributed by atoms with Gasteiger partial charge in [-0.1, -0.05) is 6.42 Å². The lowest BCUT2D eigenvalue weighted by atomic mass is 10.1. The number of H-pyrrole nitrogens is 1. The van der Waals surface area contributed by atoms with Gasteiger partial charge in [0.25, 0.3) is 0 Å². The van der Waals surface area contributed by atoms with Gasteiger partial charge in [-0.25, -0.2) is 9.18 Å². The first-order valence-corrected chi connectivity index (χ1v) is 9.50. The number of aromatic amines is 1. The second-order valence-electron chi connectivity index (χ2n) is 6.79. The maximum absolute atomic E-state index is 13.0. The second kappa shape index (κ2) is 9.77. The van der Waals surface area contributed by atoms with Gasteiger partial charge >= 0.3 is 5.97 Å². The van der Waals surface area contributed by atoms with Crippen LogP contribution in [0.1, 0.15) is 35.4 Å². The van der Waals surface area contributed by atoms with Crippen molar-refractivity contribution < 1.29 is 13.9 Å². The van der Waals surface area contributed by atoms with Gasteiger partial charge in [-0.2, -0.15) is 5.10 Å². The molecule has 0 atom stereocenters. The Bertz CT molecular complexity index is 925. The summed E-state index contributed by atoms with van der Waals surface area (Å²) in [5.41, 5.74) is 3.00. The van der Waals surface area contributed by atoms with Crippen LogP contribution in [0, 0.1) is 5.82 Å². The van der Waals surface area contributed by atoms with E-state index in [1.54, 1.807) is 24.3 Å². The van der Waals surface area contributed by atoms with Gasteiger partial charge in [0.05, 0.1) is 12.8 Å². The topological polar surface area (TPSA) is 84.0 Å². The van der Waals surface area contributed by atoms with Crippen molar-refractivity contribution in [1.29, 1.82) is 0 Å². The number of benzene rings is 1. The van der Waals surface area contributed by atoms with Crippen molar-refractivity contribution in [2.75, 3.05) is 25.6 Å². The smallest absolute Gasteiger partial charge is 0.358 e. The Morgan fingerprint density at radius 2 is 1.90 bits per heavy atom. The lowest BCUT2D eigenvalue weighted by molar-refractivity contribution is 0.0592. The molecule has 1 N–H and O–H groups in total. The molecule has 0 saturated heterocycles. The van der Waals surface area contributed by atoms with Crippen molar-refractivity contribution in [2.45, 2.75) is 25.7 Å². The van der Waals surface area contributed by atoms with Crippen LogP contribution < -0.4 is 4.90 Å². The molecule has 0 bridgehead atoms. The maximum atomic E-state index is 13.0. The van der Waals surface area contributed by atoms with Crippen molar-refractivity contribution >= 4 is 11.8 Å². The van der Waals surface area contributed by atoms with E-state index in [2.05, 4.69) is 25.1 Å². The summed E-state index contributed by atoms with van der Waals surface area (Å²) in [7, 11) is 3.27. The second-order valence-corrected chi connectivity index (χ2v) is 6.79. The summed E-state index contributed by atoms with van der Waals surface area (Å²) in [5, 5.41) is 15.3. The van der Waals surface area contributed by atoms with Crippen molar-refractivity contribution in [3.05, 3.63) is 59.7 Å². The van der Waals surface area contributed by atoms with Gasteiger partial charge in [0.2, 0.25) is 0 Å². The van der Waals surface area contributed by atoms with Crippen LogP contribution in [0.3, 0.4) is 0 Å². The zero-order valence-corrected chi connectivity index (χ0v) is 16.6. The fourth-order valence-electron chi connectivity index (χ4n) is 2.96. The summed E-state index contributed by atoms with van der Waals surface area (Å²) in [6.45, 7) is 0.843. The molecule has 0 aliphatic carbocycles. The third-order valence-corrected chi connectivity index (χ3v) is 4.65. The van der Waals surface area contributed by atoms with E-state index in [9.17, 15) is 9.18 Å². The molecule has 0 radical (unpaired) electrons. The molecule has 8 heteroatoms. The van der Waals surface area contributed by atoms with Gasteiger partial charge in [-0.15, -0.1) is 10.2 Å². The quantitative estimate of drug-likeness (QED) is 0.438. The fraction of sp³-hybridized carbons (Fsp3) is 0.333. The number of esters is 1. The van der Waals surface area contributed by atoms with E-state index in [0.717, 1.165) is 55.0 Å². The number of nitrogens with zero attached hydrogens (tertiary/aromatic N) is 4. The van der Waals surface area contributed by atoms with Crippen LogP contribution >= 0.6 is 0 Å². The molecule has 0 fully saturated rings. The maximum Gasteiger partial charge on any atom is 0.358 e. The van der Waals surface area contributed by atoms with E-state index in [1.807, 2.05) is 18.0 Å². The van der Waals surface area contributed by atoms with Crippen LogP contribution in [0.2, 0.25) is 0 Å². The minimum absolute atomic E-state index is 0.198. The number of ether oxygens (including phenoxy) is 1. The molecular weight excluding hydrogens is 373 g/mol. The van der Waals surface area contributed by atoms with Gasteiger partial charge in [0.1, 0.15) is 5.82 Å². The van der Waals surface area contributed by atoms with Gasteiger partial charge in [-0.3, -0.25) is 5.10 Å². The van der Waals surface area contributed by atoms with Gasteiger partial charge in [0.15, 0.2) is 11.5 Å². The fourth-order valence-corrected chi connectivity index (χ4v) is 2.96. The molecule has 2 aromatic heterocycles. The molecule has 2 heterocycles.